The summed E-state index contributed by atoms with van der Waals surface area (Å²) < 4.78 is 6.42. The minimum absolute atomic E-state index is 0.111. The first-order valence-corrected chi connectivity index (χ1v) is 8.44. The lowest BCUT2D eigenvalue weighted by atomic mass is 9.85. The molecule has 4 heteroatoms. The molecule has 0 aliphatic heterocycles. The molecule has 4 unspecified atom stereocenters. The molecule has 96 valence electrons. The van der Waals surface area contributed by atoms with E-state index >= 15 is 0 Å². The van der Waals surface area contributed by atoms with Gasteiger partial charge in [-0.3, -0.25) is 0 Å². The van der Waals surface area contributed by atoms with Gasteiger partial charge in [-0.2, -0.15) is 0 Å². The van der Waals surface area contributed by atoms with E-state index in [-0.39, 0.29) is 6.10 Å². The fourth-order valence-electron chi connectivity index (χ4n) is 2.30. The van der Waals surface area contributed by atoms with Crippen LogP contribution in [0, 0.1) is 5.92 Å². The predicted octanol–water partition coefficient (Wildman–Crippen LogP) is 4.62. The van der Waals surface area contributed by atoms with E-state index in [0.29, 0.717) is 21.8 Å². The molecule has 0 N–H and O–H groups in total. The number of hydrogen-bond donors (Lipinski definition) is 0. The second kappa shape index (κ2) is 8.39. The van der Waals surface area contributed by atoms with E-state index in [2.05, 4.69) is 29.5 Å². The zero-order chi connectivity index (χ0) is 12.0. The Labute approximate surface area is 123 Å². The number of rotatable bonds is 6. The van der Waals surface area contributed by atoms with E-state index in [1.165, 1.54) is 32.1 Å². The fourth-order valence-corrected chi connectivity index (χ4v) is 3.51. The van der Waals surface area contributed by atoms with Crippen molar-refractivity contribution in [2.75, 3.05) is 11.8 Å². The van der Waals surface area contributed by atoms with Crippen LogP contribution in [0.15, 0.2) is 0 Å². The lowest BCUT2D eigenvalue weighted by Gasteiger charge is -2.32. The van der Waals surface area contributed by atoms with Crippen molar-refractivity contribution in [2.45, 2.75) is 55.2 Å². The topological polar surface area (TPSA) is 9.23 Å². The minimum Gasteiger partial charge on any atom is -0.373 e. The summed E-state index contributed by atoms with van der Waals surface area (Å²) in [5.41, 5.74) is 0. The molecule has 0 aromatic heterocycles. The summed E-state index contributed by atoms with van der Waals surface area (Å²) in [5, 5.41) is 0. The fraction of sp³-hybridized carbons (Fsp3) is 1.00. The highest BCUT2D eigenvalue weighted by Gasteiger charge is 2.26. The van der Waals surface area contributed by atoms with Crippen LogP contribution in [0.5, 0.6) is 0 Å². The molecule has 0 bridgehead atoms. The summed E-state index contributed by atoms with van der Waals surface area (Å²) in [5.74, 6) is 2.01. The second-order valence-corrected chi connectivity index (χ2v) is 6.78. The molecule has 0 saturated heterocycles. The average Bonchev–Trinajstić information content (AvgIpc) is 2.35. The molecule has 1 aliphatic rings. The van der Waals surface area contributed by atoms with Gasteiger partial charge in [-0.1, -0.05) is 48.8 Å². The van der Waals surface area contributed by atoms with Crippen molar-refractivity contribution in [1.82, 2.24) is 0 Å². The Kier molecular flexibility index (Phi) is 8.03. The van der Waals surface area contributed by atoms with Crippen LogP contribution < -0.4 is 0 Å². The van der Waals surface area contributed by atoms with Crippen molar-refractivity contribution in [3.63, 3.8) is 0 Å². The Morgan fingerprint density at radius 3 is 2.62 bits per heavy atom. The largest absolute Gasteiger partial charge is 0.373 e. The van der Waals surface area contributed by atoms with E-state index < -0.39 is 0 Å². The Morgan fingerprint density at radius 1 is 1.31 bits per heavy atom. The van der Waals surface area contributed by atoms with Gasteiger partial charge in [-0.05, 0) is 18.8 Å². The van der Waals surface area contributed by atoms with E-state index in [0.717, 1.165) is 5.92 Å². The van der Waals surface area contributed by atoms with Crippen molar-refractivity contribution >= 4 is 45.8 Å². The van der Waals surface area contributed by atoms with Gasteiger partial charge >= 0.3 is 0 Å². The Hall–Kier alpha value is 1.27. The van der Waals surface area contributed by atoms with Gasteiger partial charge in [0.15, 0.2) is 0 Å². The zero-order valence-electron chi connectivity index (χ0n) is 9.80. The molecular formula is C12H21Cl2IO. The van der Waals surface area contributed by atoms with Crippen LogP contribution in [0.1, 0.15) is 39.0 Å². The maximum Gasteiger partial charge on any atom is 0.0843 e. The lowest BCUT2D eigenvalue weighted by Crippen LogP contribution is -2.34. The third-order valence-corrected chi connectivity index (χ3v) is 5.78. The maximum absolute atomic E-state index is 6.10. The van der Waals surface area contributed by atoms with Crippen molar-refractivity contribution in [3.8, 4) is 0 Å². The molecule has 1 rings (SSSR count). The molecule has 0 radical (unpaired) electrons. The van der Waals surface area contributed by atoms with Crippen LogP contribution in [0.4, 0.5) is 0 Å². The van der Waals surface area contributed by atoms with Crippen LogP contribution in [-0.2, 0) is 4.74 Å². The van der Waals surface area contributed by atoms with Gasteiger partial charge in [0.05, 0.1) is 16.1 Å². The third kappa shape index (κ3) is 4.87. The highest BCUT2D eigenvalue weighted by molar-refractivity contribution is 14.1. The summed E-state index contributed by atoms with van der Waals surface area (Å²) in [4.78, 5) is 0. The van der Waals surface area contributed by atoms with Crippen LogP contribution in [0.2, 0.25) is 0 Å². The van der Waals surface area contributed by atoms with Crippen molar-refractivity contribution in [1.29, 1.82) is 0 Å². The number of halogens is 3. The van der Waals surface area contributed by atoms with Crippen molar-refractivity contribution in [3.05, 3.63) is 0 Å². The van der Waals surface area contributed by atoms with Crippen molar-refractivity contribution in [2.24, 2.45) is 5.92 Å². The number of ether oxygens (including phenoxy) is 1. The van der Waals surface area contributed by atoms with E-state index in [4.69, 9.17) is 27.9 Å². The average molecular weight is 379 g/mol. The first-order valence-electron chi connectivity index (χ1n) is 6.12. The Morgan fingerprint density at radius 2 is 2.06 bits per heavy atom. The molecule has 1 nitrogen and oxygen atoms in total. The highest BCUT2D eigenvalue weighted by atomic mass is 127. The molecule has 0 spiro atoms. The van der Waals surface area contributed by atoms with Gasteiger partial charge in [-0.15, -0.1) is 23.2 Å². The van der Waals surface area contributed by atoms with Gasteiger partial charge < -0.3 is 4.74 Å². The molecule has 1 aliphatic carbocycles. The highest BCUT2D eigenvalue weighted by Crippen LogP contribution is 2.30. The number of alkyl halides is 3. The van der Waals surface area contributed by atoms with Gasteiger partial charge in [-0.25, -0.2) is 0 Å². The molecule has 0 aromatic carbocycles. The summed E-state index contributed by atoms with van der Waals surface area (Å²) >= 11 is 14.1. The van der Waals surface area contributed by atoms with Crippen molar-refractivity contribution < 1.29 is 4.74 Å². The second-order valence-electron chi connectivity index (χ2n) is 4.56. The Bertz CT molecular complexity index is 192. The lowest BCUT2D eigenvalue weighted by molar-refractivity contribution is -0.0276. The molecule has 1 saturated carbocycles. The normalized spacial score (nSPS) is 30.0. The maximum atomic E-state index is 6.10. The summed E-state index contributed by atoms with van der Waals surface area (Å²) in [6, 6.07) is 0. The molecule has 0 aromatic rings. The summed E-state index contributed by atoms with van der Waals surface area (Å²) in [6.45, 7) is 2.27. The van der Waals surface area contributed by atoms with Gasteiger partial charge in [0.1, 0.15) is 0 Å². The molecular weight excluding hydrogens is 358 g/mol. The standard InChI is InChI=1S/C12H21Cl2IO/c1-2-9-4-3-5-10(6-9)16-12(8-14)11(15)7-13/h9-12H,2-8H2,1H3. The van der Waals surface area contributed by atoms with Gasteiger partial charge in [0.2, 0.25) is 0 Å². The first-order chi connectivity index (χ1) is 7.71. The zero-order valence-corrected chi connectivity index (χ0v) is 13.5. The molecule has 0 amide bonds. The van der Waals surface area contributed by atoms with E-state index in [1.807, 2.05) is 0 Å². The van der Waals surface area contributed by atoms with Crippen LogP contribution in [0.25, 0.3) is 0 Å². The molecule has 1 fully saturated rings. The van der Waals surface area contributed by atoms with E-state index in [1.54, 1.807) is 0 Å². The summed E-state index contributed by atoms with van der Waals surface area (Å²) in [6.07, 6.45) is 6.85. The predicted molar refractivity (Wildman–Crippen MR) is 80.2 cm³/mol. The minimum atomic E-state index is 0.111. The van der Waals surface area contributed by atoms with Crippen LogP contribution in [-0.4, -0.2) is 27.9 Å². The third-order valence-electron chi connectivity index (χ3n) is 3.38. The Balaban J connectivity index is 2.38. The van der Waals surface area contributed by atoms with Gasteiger partial charge in [0.25, 0.3) is 0 Å². The number of hydrogen-bond acceptors (Lipinski definition) is 1. The SMILES string of the molecule is CCC1CCCC(OC(CCl)C(I)CCl)C1. The van der Waals surface area contributed by atoms with E-state index in [9.17, 15) is 0 Å². The molecule has 4 atom stereocenters. The monoisotopic (exact) mass is 378 g/mol. The van der Waals surface area contributed by atoms with Crippen LogP contribution >= 0.6 is 45.8 Å². The van der Waals surface area contributed by atoms with Crippen LogP contribution in [0.3, 0.4) is 0 Å². The molecule has 16 heavy (non-hydrogen) atoms. The summed E-state index contributed by atoms with van der Waals surface area (Å²) in [7, 11) is 0. The first kappa shape index (κ1) is 15.3. The molecule has 0 heterocycles. The quantitative estimate of drug-likeness (QED) is 0.484. The van der Waals surface area contributed by atoms with Gasteiger partial charge in [0, 0.05) is 11.8 Å². The smallest absolute Gasteiger partial charge is 0.0843 e.